The zero-order chi connectivity index (χ0) is 18.4. The van der Waals surface area contributed by atoms with Crippen molar-refractivity contribution in [1.82, 2.24) is 9.80 Å². The Morgan fingerprint density at radius 2 is 2.12 bits per heavy atom. The third-order valence-corrected chi connectivity index (χ3v) is 4.50. The maximum absolute atomic E-state index is 12.9. The highest BCUT2D eigenvalue weighted by molar-refractivity contribution is 6.23. The fourth-order valence-electron chi connectivity index (χ4n) is 3.55. The predicted octanol–water partition coefficient (Wildman–Crippen LogP) is 1.55. The highest BCUT2D eigenvalue weighted by Crippen LogP contribution is 2.26. The van der Waals surface area contributed by atoms with Gasteiger partial charge in [0, 0.05) is 25.2 Å². The summed E-state index contributed by atoms with van der Waals surface area (Å²) in [6.45, 7) is 8.84. The van der Waals surface area contributed by atoms with Gasteiger partial charge in [0.05, 0.1) is 23.3 Å². The number of carbonyl (C=O) groups is 3. The van der Waals surface area contributed by atoms with E-state index in [1.807, 2.05) is 20.8 Å². The SMILES string of the molecule is CCN1C(=O)N=C2C=C(C(=O)N3CC(C)OC(C)(C)C3)C=CC2C1=O. The molecule has 3 rings (SSSR count). The van der Waals surface area contributed by atoms with Crippen LogP contribution in [0.5, 0.6) is 0 Å². The predicted molar refractivity (Wildman–Crippen MR) is 92.1 cm³/mol. The van der Waals surface area contributed by atoms with Crippen molar-refractivity contribution in [2.45, 2.75) is 39.4 Å². The molecule has 0 radical (unpaired) electrons. The van der Waals surface area contributed by atoms with E-state index in [0.717, 1.165) is 4.90 Å². The zero-order valence-corrected chi connectivity index (χ0v) is 15.0. The molecule has 0 saturated carbocycles. The summed E-state index contributed by atoms with van der Waals surface area (Å²) in [5.41, 5.74) is 0.363. The minimum atomic E-state index is -0.589. The van der Waals surface area contributed by atoms with E-state index in [-0.39, 0.29) is 24.5 Å². The summed E-state index contributed by atoms with van der Waals surface area (Å²) in [6.07, 6.45) is 4.81. The van der Waals surface area contributed by atoms with Gasteiger partial charge in [-0.15, -0.1) is 0 Å². The van der Waals surface area contributed by atoms with Gasteiger partial charge < -0.3 is 9.64 Å². The molecule has 0 N–H and O–H groups in total. The summed E-state index contributed by atoms with van der Waals surface area (Å²) in [4.78, 5) is 44.0. The largest absolute Gasteiger partial charge is 0.369 e. The normalized spacial score (nSPS) is 28.5. The minimum absolute atomic E-state index is 0.0538. The Bertz CT molecular complexity index is 720. The van der Waals surface area contributed by atoms with E-state index < -0.39 is 17.6 Å². The van der Waals surface area contributed by atoms with Gasteiger partial charge in [0.1, 0.15) is 0 Å². The molecule has 0 aromatic rings. The maximum atomic E-state index is 12.9. The third kappa shape index (κ3) is 3.28. The smallest absolute Gasteiger partial charge is 0.350 e. The van der Waals surface area contributed by atoms with Gasteiger partial charge in [0.15, 0.2) is 0 Å². The number of amides is 4. The lowest BCUT2D eigenvalue weighted by Crippen LogP contribution is -2.54. The molecule has 3 aliphatic rings. The average Bonchev–Trinajstić information content (AvgIpc) is 2.52. The molecule has 1 saturated heterocycles. The monoisotopic (exact) mass is 345 g/mol. The number of fused-ring (bicyclic) bond motifs is 1. The number of hydrogen-bond acceptors (Lipinski definition) is 4. The second-order valence-corrected chi connectivity index (χ2v) is 7.21. The first kappa shape index (κ1) is 17.5. The van der Waals surface area contributed by atoms with Crippen LogP contribution in [0, 0.1) is 5.92 Å². The van der Waals surface area contributed by atoms with Crippen molar-refractivity contribution in [2.24, 2.45) is 10.9 Å². The highest BCUT2D eigenvalue weighted by atomic mass is 16.5. The number of rotatable bonds is 2. The van der Waals surface area contributed by atoms with Gasteiger partial charge in [-0.2, -0.15) is 4.99 Å². The van der Waals surface area contributed by atoms with Crippen molar-refractivity contribution < 1.29 is 19.1 Å². The lowest BCUT2D eigenvalue weighted by Gasteiger charge is -2.42. The number of nitrogens with zero attached hydrogens (tertiary/aromatic N) is 3. The van der Waals surface area contributed by atoms with Gasteiger partial charge in [0.25, 0.3) is 5.91 Å². The number of aliphatic imine (C=N–C) groups is 1. The number of hydrogen-bond donors (Lipinski definition) is 0. The van der Waals surface area contributed by atoms with E-state index in [9.17, 15) is 14.4 Å². The summed E-state index contributed by atoms with van der Waals surface area (Å²) in [5, 5.41) is 0. The molecule has 2 aliphatic heterocycles. The molecule has 2 unspecified atom stereocenters. The molecule has 2 atom stereocenters. The van der Waals surface area contributed by atoms with Crippen molar-refractivity contribution in [3.63, 3.8) is 0 Å². The lowest BCUT2D eigenvalue weighted by atomic mass is 9.91. The molecule has 134 valence electrons. The molecule has 2 heterocycles. The summed E-state index contributed by atoms with van der Waals surface area (Å²) in [6, 6.07) is -0.571. The van der Waals surface area contributed by atoms with Crippen LogP contribution in [0.3, 0.4) is 0 Å². The average molecular weight is 345 g/mol. The summed E-state index contributed by atoms with van der Waals surface area (Å²) >= 11 is 0. The quantitative estimate of drug-likeness (QED) is 0.760. The number of allylic oxidation sites excluding steroid dienone is 1. The molecule has 25 heavy (non-hydrogen) atoms. The highest BCUT2D eigenvalue weighted by Gasteiger charge is 2.38. The van der Waals surface area contributed by atoms with Crippen molar-refractivity contribution in [3.8, 4) is 0 Å². The molecule has 4 amide bonds. The van der Waals surface area contributed by atoms with Gasteiger partial charge in [-0.3, -0.25) is 14.5 Å². The molecule has 1 fully saturated rings. The molecule has 0 aromatic carbocycles. The van der Waals surface area contributed by atoms with Gasteiger partial charge in [-0.25, -0.2) is 4.79 Å². The van der Waals surface area contributed by atoms with E-state index in [1.165, 1.54) is 0 Å². The Labute approximate surface area is 147 Å². The molecule has 7 heteroatoms. The molecule has 0 aromatic heterocycles. The van der Waals surface area contributed by atoms with E-state index in [0.29, 0.717) is 24.4 Å². The molecule has 7 nitrogen and oxygen atoms in total. The van der Waals surface area contributed by atoms with Crippen LogP contribution in [-0.2, 0) is 14.3 Å². The van der Waals surface area contributed by atoms with Gasteiger partial charge in [-0.1, -0.05) is 12.2 Å². The van der Waals surface area contributed by atoms with Crippen LogP contribution in [0.25, 0.3) is 0 Å². The first-order valence-electron chi connectivity index (χ1n) is 8.53. The summed E-state index contributed by atoms with van der Waals surface area (Å²) < 4.78 is 5.83. The summed E-state index contributed by atoms with van der Waals surface area (Å²) in [5.74, 6) is -1.02. The fraction of sp³-hybridized carbons (Fsp3) is 0.556. The third-order valence-electron chi connectivity index (χ3n) is 4.50. The van der Waals surface area contributed by atoms with Crippen LogP contribution < -0.4 is 0 Å². The first-order valence-corrected chi connectivity index (χ1v) is 8.53. The van der Waals surface area contributed by atoms with Crippen molar-refractivity contribution in [1.29, 1.82) is 0 Å². The Kier molecular flexibility index (Phi) is 4.36. The molecule has 0 bridgehead atoms. The Morgan fingerprint density at radius 3 is 2.76 bits per heavy atom. The number of imide groups is 1. The second-order valence-electron chi connectivity index (χ2n) is 7.21. The standard InChI is InChI=1S/C18H23N3O4/c1-5-21-16(23)13-7-6-12(8-14(13)19-17(21)24)15(22)20-9-11(2)25-18(3,4)10-20/h6-8,11,13H,5,9-10H2,1-4H3. The van der Waals surface area contributed by atoms with E-state index in [4.69, 9.17) is 4.74 Å². The number of carbonyl (C=O) groups excluding carboxylic acids is 3. The van der Waals surface area contributed by atoms with E-state index in [2.05, 4.69) is 4.99 Å². The van der Waals surface area contributed by atoms with E-state index in [1.54, 1.807) is 30.1 Å². The maximum Gasteiger partial charge on any atom is 0.350 e. The van der Waals surface area contributed by atoms with Crippen molar-refractivity contribution in [3.05, 3.63) is 23.8 Å². The van der Waals surface area contributed by atoms with Crippen molar-refractivity contribution >= 4 is 23.6 Å². The molecule has 0 spiro atoms. The topological polar surface area (TPSA) is 79.3 Å². The molecular weight excluding hydrogens is 322 g/mol. The Morgan fingerprint density at radius 1 is 1.40 bits per heavy atom. The van der Waals surface area contributed by atoms with Crippen LogP contribution >= 0.6 is 0 Å². The van der Waals surface area contributed by atoms with Crippen LogP contribution in [0.15, 0.2) is 28.8 Å². The Hall–Kier alpha value is -2.28. The van der Waals surface area contributed by atoms with Crippen LogP contribution in [0.2, 0.25) is 0 Å². The number of urea groups is 1. The fourth-order valence-corrected chi connectivity index (χ4v) is 3.55. The molecule has 1 aliphatic carbocycles. The minimum Gasteiger partial charge on any atom is -0.369 e. The Balaban J connectivity index is 1.84. The summed E-state index contributed by atoms with van der Waals surface area (Å²) in [7, 11) is 0. The number of ether oxygens (including phenoxy) is 1. The van der Waals surface area contributed by atoms with Crippen molar-refractivity contribution in [2.75, 3.05) is 19.6 Å². The van der Waals surface area contributed by atoms with Gasteiger partial charge in [0.2, 0.25) is 5.91 Å². The van der Waals surface area contributed by atoms with Gasteiger partial charge in [-0.05, 0) is 33.8 Å². The zero-order valence-electron chi connectivity index (χ0n) is 15.0. The van der Waals surface area contributed by atoms with Crippen LogP contribution in [0.1, 0.15) is 27.7 Å². The number of morpholine rings is 1. The second kappa shape index (κ2) is 6.22. The first-order chi connectivity index (χ1) is 11.7. The molecular formula is C18H23N3O4. The van der Waals surface area contributed by atoms with Gasteiger partial charge >= 0.3 is 6.03 Å². The van der Waals surface area contributed by atoms with E-state index >= 15 is 0 Å². The van der Waals surface area contributed by atoms with Crippen LogP contribution in [0.4, 0.5) is 4.79 Å². The van der Waals surface area contributed by atoms with Crippen LogP contribution in [-0.4, -0.2) is 64.7 Å². The lowest BCUT2D eigenvalue weighted by molar-refractivity contribution is -0.154.